The molecule has 8 heteroatoms. The summed E-state index contributed by atoms with van der Waals surface area (Å²) < 4.78 is 24.6. The molecule has 15 heavy (non-hydrogen) atoms. The van der Waals surface area contributed by atoms with Gasteiger partial charge in [-0.3, -0.25) is 10.1 Å². The van der Waals surface area contributed by atoms with E-state index in [1.54, 1.807) is 0 Å². The number of aromatic nitrogens is 1. The van der Waals surface area contributed by atoms with Crippen LogP contribution in [-0.4, -0.2) is 9.91 Å². The second kappa shape index (κ2) is 3.83. The van der Waals surface area contributed by atoms with Crippen molar-refractivity contribution in [2.45, 2.75) is 6.43 Å². The van der Waals surface area contributed by atoms with Crippen molar-refractivity contribution >= 4 is 11.4 Å². The maximum Gasteiger partial charge on any atom is 0.305 e. The molecule has 1 aromatic heterocycles. The number of nitro groups is 1. The monoisotopic (exact) mass is 214 g/mol. The fraction of sp³-hybridized carbons (Fsp3) is 0.143. The average molecular weight is 214 g/mol. The van der Waals surface area contributed by atoms with Gasteiger partial charge in [0.05, 0.1) is 4.92 Å². The van der Waals surface area contributed by atoms with Gasteiger partial charge in [-0.05, 0) is 0 Å². The number of nitriles is 1. The third-order valence-electron chi connectivity index (χ3n) is 1.64. The molecule has 0 radical (unpaired) electrons. The Kier molecular flexibility index (Phi) is 2.75. The lowest BCUT2D eigenvalue weighted by molar-refractivity contribution is -0.385. The van der Waals surface area contributed by atoms with Crippen LogP contribution in [0.3, 0.4) is 0 Å². The number of anilines is 1. The second-order valence-electron chi connectivity index (χ2n) is 2.49. The molecule has 0 aliphatic heterocycles. The van der Waals surface area contributed by atoms with Crippen molar-refractivity contribution in [1.82, 2.24) is 4.98 Å². The van der Waals surface area contributed by atoms with Gasteiger partial charge < -0.3 is 5.73 Å². The molecule has 78 valence electrons. The van der Waals surface area contributed by atoms with Crippen LogP contribution in [0.5, 0.6) is 0 Å². The molecule has 1 aromatic rings. The zero-order valence-electron chi connectivity index (χ0n) is 7.15. The van der Waals surface area contributed by atoms with Crippen molar-refractivity contribution < 1.29 is 13.7 Å². The SMILES string of the molecule is N#Cc1ncc(C(F)F)c([N+](=O)[O-])c1N. The minimum Gasteiger partial charge on any atom is -0.391 e. The summed E-state index contributed by atoms with van der Waals surface area (Å²) >= 11 is 0. The van der Waals surface area contributed by atoms with Crippen molar-refractivity contribution in [1.29, 1.82) is 5.26 Å². The summed E-state index contributed by atoms with van der Waals surface area (Å²) in [7, 11) is 0. The number of alkyl halides is 2. The molecule has 0 aliphatic carbocycles. The molecule has 0 bridgehead atoms. The first-order valence-corrected chi connectivity index (χ1v) is 3.60. The van der Waals surface area contributed by atoms with E-state index in [0.717, 1.165) is 0 Å². The van der Waals surface area contributed by atoms with E-state index in [-0.39, 0.29) is 0 Å². The van der Waals surface area contributed by atoms with Crippen LogP contribution in [0.15, 0.2) is 6.20 Å². The number of hydrogen-bond acceptors (Lipinski definition) is 5. The minimum atomic E-state index is -3.06. The summed E-state index contributed by atoms with van der Waals surface area (Å²) in [6, 6.07) is 1.47. The zero-order valence-corrected chi connectivity index (χ0v) is 7.15. The highest BCUT2D eigenvalue weighted by Crippen LogP contribution is 2.33. The molecule has 0 unspecified atom stereocenters. The van der Waals surface area contributed by atoms with Crippen LogP contribution in [-0.2, 0) is 0 Å². The summed E-state index contributed by atoms with van der Waals surface area (Å²) in [6.45, 7) is 0. The Hall–Kier alpha value is -2.30. The normalized spacial score (nSPS) is 10.0. The van der Waals surface area contributed by atoms with Gasteiger partial charge in [0.25, 0.3) is 6.43 Å². The molecule has 1 rings (SSSR count). The van der Waals surface area contributed by atoms with Gasteiger partial charge in [-0.15, -0.1) is 0 Å². The highest BCUT2D eigenvalue weighted by molar-refractivity contribution is 5.67. The summed E-state index contributed by atoms with van der Waals surface area (Å²) in [5, 5.41) is 18.9. The van der Waals surface area contributed by atoms with Crippen LogP contribution in [0.25, 0.3) is 0 Å². The minimum absolute atomic E-state index is 0.439. The van der Waals surface area contributed by atoms with Crippen molar-refractivity contribution in [3.63, 3.8) is 0 Å². The zero-order chi connectivity index (χ0) is 11.6. The summed E-state index contributed by atoms with van der Waals surface area (Å²) in [5.74, 6) is 0. The van der Waals surface area contributed by atoms with E-state index >= 15 is 0 Å². The number of nitrogens with zero attached hydrogens (tertiary/aromatic N) is 3. The van der Waals surface area contributed by atoms with Gasteiger partial charge >= 0.3 is 5.69 Å². The highest BCUT2D eigenvalue weighted by atomic mass is 19.3. The van der Waals surface area contributed by atoms with Crippen LogP contribution >= 0.6 is 0 Å². The molecule has 6 nitrogen and oxygen atoms in total. The fourth-order valence-corrected chi connectivity index (χ4v) is 0.985. The first-order chi connectivity index (χ1) is 6.99. The van der Waals surface area contributed by atoms with Crippen molar-refractivity contribution in [3.8, 4) is 6.07 Å². The van der Waals surface area contributed by atoms with E-state index < -0.39 is 34.0 Å². The standard InChI is InChI=1S/C7H4F2N4O2/c8-7(9)3-2-12-4(1-10)5(11)6(3)13(14)15/h2,7H,11H2. The van der Waals surface area contributed by atoms with Gasteiger partial charge in [-0.2, -0.15) is 5.26 Å². The summed E-state index contributed by atoms with van der Waals surface area (Å²) in [6.07, 6.45) is -2.48. The number of hydrogen-bond donors (Lipinski definition) is 1. The first-order valence-electron chi connectivity index (χ1n) is 3.60. The predicted molar refractivity (Wildman–Crippen MR) is 45.0 cm³/mol. The van der Waals surface area contributed by atoms with Crippen molar-refractivity contribution in [3.05, 3.63) is 27.6 Å². The maximum absolute atomic E-state index is 12.3. The van der Waals surface area contributed by atoms with Gasteiger partial charge in [-0.1, -0.05) is 0 Å². The lowest BCUT2D eigenvalue weighted by atomic mass is 10.2. The largest absolute Gasteiger partial charge is 0.391 e. The van der Waals surface area contributed by atoms with Gasteiger partial charge in [0.1, 0.15) is 17.3 Å². The van der Waals surface area contributed by atoms with Gasteiger partial charge in [0.2, 0.25) is 0 Å². The first kappa shape index (κ1) is 10.8. The topological polar surface area (TPSA) is 106 Å². The smallest absolute Gasteiger partial charge is 0.305 e. The summed E-state index contributed by atoms with van der Waals surface area (Å²) in [4.78, 5) is 12.7. The van der Waals surface area contributed by atoms with Crippen LogP contribution in [0.1, 0.15) is 17.7 Å². The van der Waals surface area contributed by atoms with E-state index in [4.69, 9.17) is 11.0 Å². The lowest BCUT2D eigenvalue weighted by Gasteiger charge is -2.04. The Morgan fingerprint density at radius 1 is 1.67 bits per heavy atom. The number of rotatable bonds is 2. The molecule has 0 atom stereocenters. The van der Waals surface area contributed by atoms with Gasteiger partial charge in [-0.25, -0.2) is 13.8 Å². The third kappa shape index (κ3) is 1.80. The van der Waals surface area contributed by atoms with E-state index in [1.807, 2.05) is 0 Å². The average Bonchev–Trinajstić information content (AvgIpc) is 2.16. The number of nitrogen functional groups attached to an aromatic ring is 1. The molecular formula is C7H4F2N4O2. The molecule has 0 fully saturated rings. The second-order valence-corrected chi connectivity index (χ2v) is 2.49. The Morgan fingerprint density at radius 2 is 2.27 bits per heavy atom. The van der Waals surface area contributed by atoms with Crippen LogP contribution in [0.2, 0.25) is 0 Å². The number of halogens is 2. The van der Waals surface area contributed by atoms with E-state index in [2.05, 4.69) is 4.98 Å². The Morgan fingerprint density at radius 3 is 2.67 bits per heavy atom. The van der Waals surface area contributed by atoms with E-state index in [9.17, 15) is 18.9 Å². The van der Waals surface area contributed by atoms with Gasteiger partial charge in [0, 0.05) is 6.20 Å². The van der Waals surface area contributed by atoms with Gasteiger partial charge in [0.15, 0.2) is 5.69 Å². The molecule has 0 aliphatic rings. The van der Waals surface area contributed by atoms with Crippen molar-refractivity contribution in [2.24, 2.45) is 0 Å². The third-order valence-corrected chi connectivity index (χ3v) is 1.64. The van der Waals surface area contributed by atoms with Crippen LogP contribution in [0, 0.1) is 21.4 Å². The van der Waals surface area contributed by atoms with Crippen LogP contribution in [0.4, 0.5) is 20.2 Å². The molecule has 0 saturated heterocycles. The van der Waals surface area contributed by atoms with E-state index in [1.165, 1.54) is 6.07 Å². The Labute approximate surface area is 82.1 Å². The predicted octanol–water partition coefficient (Wildman–Crippen LogP) is 1.38. The quantitative estimate of drug-likeness (QED) is 0.591. The maximum atomic E-state index is 12.3. The summed E-state index contributed by atoms with van der Waals surface area (Å²) in [5.41, 5.74) is 2.24. The fourth-order valence-electron chi connectivity index (χ4n) is 0.985. The Bertz CT molecular complexity index is 455. The number of pyridine rings is 1. The molecule has 0 amide bonds. The molecule has 0 spiro atoms. The highest BCUT2D eigenvalue weighted by Gasteiger charge is 2.27. The number of nitrogens with two attached hydrogens (primary N) is 1. The molecule has 2 N–H and O–H groups in total. The van der Waals surface area contributed by atoms with Crippen LogP contribution < -0.4 is 5.73 Å². The Balaban J connectivity index is 3.53. The molecule has 0 aromatic carbocycles. The molecule has 1 heterocycles. The van der Waals surface area contributed by atoms with E-state index in [0.29, 0.717) is 6.20 Å². The molecular weight excluding hydrogens is 210 g/mol. The van der Waals surface area contributed by atoms with Crippen molar-refractivity contribution in [2.75, 3.05) is 5.73 Å². The lowest BCUT2D eigenvalue weighted by Crippen LogP contribution is -2.05. The molecule has 0 saturated carbocycles.